The number of nitrogens with one attached hydrogen (secondary N) is 1. The highest BCUT2D eigenvalue weighted by molar-refractivity contribution is 6.01. The van der Waals surface area contributed by atoms with Gasteiger partial charge < -0.3 is 5.32 Å². The lowest BCUT2D eigenvalue weighted by atomic mass is 10.1. The summed E-state index contributed by atoms with van der Waals surface area (Å²) < 4.78 is 0. The summed E-state index contributed by atoms with van der Waals surface area (Å²) in [6.45, 7) is 4.91. The minimum Gasteiger partial charge on any atom is -0.384 e. The molecule has 0 unspecified atom stereocenters. The van der Waals surface area contributed by atoms with Gasteiger partial charge >= 0.3 is 0 Å². The number of carbonyl (C=O) groups excluding carboxylic acids is 1. The highest BCUT2D eigenvalue weighted by Gasteiger charge is 2.13. The first-order chi connectivity index (χ1) is 6.88. The van der Waals surface area contributed by atoms with Crippen LogP contribution in [0.15, 0.2) is 24.3 Å². The topological polar surface area (TPSA) is 29.1 Å². The minimum absolute atomic E-state index is 0.260. The first kappa shape index (κ1) is 10.8. The van der Waals surface area contributed by atoms with Gasteiger partial charge in [-0.25, -0.2) is 0 Å². The van der Waals surface area contributed by atoms with Crippen LogP contribution in [0.2, 0.25) is 0 Å². The van der Waals surface area contributed by atoms with Gasteiger partial charge in [-0.1, -0.05) is 26.0 Å². The summed E-state index contributed by atoms with van der Waals surface area (Å²) in [6, 6.07) is 7.70. The molecule has 0 amide bonds. The van der Waals surface area contributed by atoms with Gasteiger partial charge in [0.1, 0.15) is 0 Å². The van der Waals surface area contributed by atoms with Crippen LogP contribution in [0.4, 0.5) is 5.69 Å². The van der Waals surface area contributed by atoms with Crippen molar-refractivity contribution in [1.82, 2.24) is 0 Å². The molecule has 0 saturated heterocycles. The molecule has 0 aromatic heterocycles. The van der Waals surface area contributed by atoms with Crippen molar-refractivity contribution in [3.63, 3.8) is 0 Å². The smallest absolute Gasteiger partial charge is 0.165 e. The van der Waals surface area contributed by atoms with Crippen molar-refractivity contribution in [2.45, 2.75) is 26.7 Å². The summed E-state index contributed by atoms with van der Waals surface area (Å²) in [5.41, 5.74) is 1.83. The van der Waals surface area contributed by atoms with Gasteiger partial charge in [0.15, 0.2) is 5.78 Å². The van der Waals surface area contributed by atoms with E-state index in [9.17, 15) is 4.79 Å². The van der Waals surface area contributed by atoms with Crippen LogP contribution in [0.25, 0.3) is 0 Å². The fourth-order valence-corrected chi connectivity index (χ4v) is 1.49. The number of para-hydroxylation sites is 1. The van der Waals surface area contributed by atoms with Gasteiger partial charge in [0.2, 0.25) is 0 Å². The molecule has 0 saturated carbocycles. The maximum atomic E-state index is 11.5. The van der Waals surface area contributed by atoms with Gasteiger partial charge in [-0.15, -0.1) is 0 Å². The second-order valence-electron chi connectivity index (χ2n) is 3.00. The zero-order chi connectivity index (χ0) is 10.4. The summed E-state index contributed by atoms with van der Waals surface area (Å²) in [7, 11) is 0. The average molecular weight is 191 g/mol. The molecule has 1 aromatic carbocycles. The Balaban J connectivity index is 0.000000461. The zero-order valence-electron chi connectivity index (χ0n) is 8.84. The summed E-state index contributed by atoms with van der Waals surface area (Å²) in [5, 5.41) is 3.23. The lowest BCUT2D eigenvalue weighted by Crippen LogP contribution is -1.99. The molecule has 0 atom stereocenters. The van der Waals surface area contributed by atoms with E-state index in [4.69, 9.17) is 0 Å². The number of rotatable bonds is 0. The fraction of sp³-hybridized carbons (Fsp3) is 0.417. The van der Waals surface area contributed by atoms with Crippen LogP contribution in [-0.4, -0.2) is 12.3 Å². The Morgan fingerprint density at radius 2 is 1.93 bits per heavy atom. The quantitative estimate of drug-likeness (QED) is 0.682. The third-order valence-electron chi connectivity index (χ3n) is 2.12. The van der Waals surface area contributed by atoms with E-state index < -0.39 is 0 Å². The molecule has 1 N–H and O–H groups in total. The Morgan fingerprint density at radius 3 is 2.71 bits per heavy atom. The minimum atomic E-state index is 0.260. The van der Waals surface area contributed by atoms with Crippen LogP contribution in [0, 0.1) is 0 Å². The molecule has 14 heavy (non-hydrogen) atoms. The first-order valence-corrected chi connectivity index (χ1v) is 5.24. The molecule has 1 aliphatic rings. The SMILES string of the molecule is CC.O=C1CCCNc2ccccc21. The Labute approximate surface area is 85.3 Å². The standard InChI is InChI=1S/C10H11NO.C2H6/c12-10-6-3-7-11-9-5-2-1-4-8(9)10;1-2/h1-2,4-5,11H,3,6-7H2;1-2H3. The fourth-order valence-electron chi connectivity index (χ4n) is 1.49. The molecule has 0 spiro atoms. The number of carbonyl (C=O) groups is 1. The molecule has 1 aromatic rings. The van der Waals surface area contributed by atoms with Gasteiger partial charge in [0, 0.05) is 24.2 Å². The highest BCUT2D eigenvalue weighted by Crippen LogP contribution is 2.20. The molecule has 2 heteroatoms. The number of anilines is 1. The number of Topliss-reactive ketones (excluding diaryl/α,β-unsaturated/α-hetero) is 1. The molecule has 0 fully saturated rings. The molecule has 2 nitrogen and oxygen atoms in total. The lowest BCUT2D eigenvalue weighted by Gasteiger charge is -2.04. The van der Waals surface area contributed by atoms with Crippen molar-refractivity contribution in [2.24, 2.45) is 0 Å². The molecule has 1 aliphatic heterocycles. The monoisotopic (exact) mass is 191 g/mol. The van der Waals surface area contributed by atoms with Crippen molar-refractivity contribution in [1.29, 1.82) is 0 Å². The summed E-state index contributed by atoms with van der Waals surface area (Å²) >= 11 is 0. The second kappa shape index (κ2) is 5.43. The largest absolute Gasteiger partial charge is 0.384 e. The molecule has 0 bridgehead atoms. The number of ketones is 1. The van der Waals surface area contributed by atoms with E-state index >= 15 is 0 Å². The number of hydrogen-bond acceptors (Lipinski definition) is 2. The van der Waals surface area contributed by atoms with Crippen molar-refractivity contribution in [3.05, 3.63) is 29.8 Å². The number of fused-ring (bicyclic) bond motifs is 1. The number of benzene rings is 1. The summed E-state index contributed by atoms with van der Waals surface area (Å²) in [5.74, 6) is 0.260. The third-order valence-corrected chi connectivity index (χ3v) is 2.12. The Hall–Kier alpha value is -1.31. The normalized spacial score (nSPS) is 14.3. The van der Waals surface area contributed by atoms with Crippen LogP contribution in [-0.2, 0) is 0 Å². The van der Waals surface area contributed by atoms with E-state index in [1.54, 1.807) is 0 Å². The van der Waals surface area contributed by atoms with Crippen molar-refractivity contribution in [2.75, 3.05) is 11.9 Å². The lowest BCUT2D eigenvalue weighted by molar-refractivity contribution is 0.0984. The molecule has 0 aliphatic carbocycles. The van der Waals surface area contributed by atoms with Crippen LogP contribution in [0.3, 0.4) is 0 Å². The van der Waals surface area contributed by atoms with Gasteiger partial charge in [-0.2, -0.15) is 0 Å². The predicted molar refractivity (Wildman–Crippen MR) is 59.8 cm³/mol. The predicted octanol–water partition coefficient (Wildman–Crippen LogP) is 3.10. The van der Waals surface area contributed by atoms with Crippen LogP contribution < -0.4 is 5.32 Å². The van der Waals surface area contributed by atoms with Crippen molar-refractivity contribution < 1.29 is 4.79 Å². The van der Waals surface area contributed by atoms with Gasteiger partial charge in [0.25, 0.3) is 0 Å². The third kappa shape index (κ3) is 2.34. The van der Waals surface area contributed by atoms with Crippen LogP contribution >= 0.6 is 0 Å². The van der Waals surface area contributed by atoms with Gasteiger partial charge in [-0.3, -0.25) is 4.79 Å². The molecule has 1 heterocycles. The second-order valence-corrected chi connectivity index (χ2v) is 3.00. The van der Waals surface area contributed by atoms with Gasteiger partial charge in [-0.05, 0) is 18.6 Å². The molecule has 2 rings (SSSR count). The average Bonchev–Trinajstić information content (AvgIpc) is 2.45. The van der Waals surface area contributed by atoms with E-state index in [-0.39, 0.29) is 5.78 Å². The van der Waals surface area contributed by atoms with Gasteiger partial charge in [0.05, 0.1) is 0 Å². The maximum Gasteiger partial charge on any atom is 0.165 e. The van der Waals surface area contributed by atoms with E-state index in [0.29, 0.717) is 6.42 Å². The molecular weight excluding hydrogens is 174 g/mol. The molecule has 76 valence electrons. The maximum absolute atomic E-state index is 11.5. The van der Waals surface area contributed by atoms with Crippen molar-refractivity contribution in [3.8, 4) is 0 Å². The van der Waals surface area contributed by atoms with E-state index in [1.807, 2.05) is 38.1 Å². The zero-order valence-corrected chi connectivity index (χ0v) is 8.84. The first-order valence-electron chi connectivity index (χ1n) is 5.24. The van der Waals surface area contributed by atoms with Crippen LogP contribution in [0.5, 0.6) is 0 Å². The number of hydrogen-bond donors (Lipinski definition) is 1. The summed E-state index contributed by atoms with van der Waals surface area (Å²) in [6.07, 6.45) is 1.61. The van der Waals surface area contributed by atoms with Crippen molar-refractivity contribution >= 4 is 11.5 Å². The Morgan fingerprint density at radius 1 is 1.21 bits per heavy atom. The Kier molecular flexibility index (Phi) is 4.17. The van der Waals surface area contributed by atoms with E-state index in [2.05, 4.69) is 5.32 Å². The molecule has 0 radical (unpaired) electrons. The van der Waals surface area contributed by atoms with Crippen LogP contribution in [0.1, 0.15) is 37.0 Å². The highest BCUT2D eigenvalue weighted by atomic mass is 16.1. The Bertz CT molecular complexity index is 307. The van der Waals surface area contributed by atoms with E-state index in [0.717, 1.165) is 24.2 Å². The summed E-state index contributed by atoms with van der Waals surface area (Å²) in [4.78, 5) is 11.5. The molecular formula is C12H17NO. The van der Waals surface area contributed by atoms with E-state index in [1.165, 1.54) is 0 Å².